The van der Waals surface area contributed by atoms with E-state index in [0.717, 1.165) is 48.1 Å². The number of rotatable bonds is 6. The molecule has 7 heteroatoms. The van der Waals surface area contributed by atoms with Gasteiger partial charge in [-0.15, -0.1) is 0 Å². The highest BCUT2D eigenvalue weighted by Crippen LogP contribution is 2.47. The van der Waals surface area contributed by atoms with E-state index in [0.29, 0.717) is 30.0 Å². The summed E-state index contributed by atoms with van der Waals surface area (Å²) in [5.74, 6) is 2.00. The number of benzene rings is 1. The zero-order valence-corrected chi connectivity index (χ0v) is 17.6. The number of fused-ring (bicyclic) bond motifs is 2. The van der Waals surface area contributed by atoms with Crippen LogP contribution in [0.15, 0.2) is 36.5 Å². The molecule has 1 unspecified atom stereocenters. The Morgan fingerprint density at radius 1 is 1.19 bits per heavy atom. The quantitative estimate of drug-likeness (QED) is 0.565. The first kappa shape index (κ1) is 20.4. The van der Waals surface area contributed by atoms with Crippen molar-refractivity contribution in [3.8, 4) is 16.9 Å². The van der Waals surface area contributed by atoms with Gasteiger partial charge < -0.3 is 24.8 Å². The number of aliphatic hydroxyl groups is 2. The van der Waals surface area contributed by atoms with Gasteiger partial charge in [-0.05, 0) is 66.5 Å². The summed E-state index contributed by atoms with van der Waals surface area (Å²) in [6.07, 6.45) is 3.28. The second-order valence-corrected chi connectivity index (χ2v) is 8.93. The number of likely N-dealkylation sites (tertiary alicyclic amines) is 1. The van der Waals surface area contributed by atoms with Crippen LogP contribution in [-0.4, -0.2) is 64.5 Å². The summed E-state index contributed by atoms with van der Waals surface area (Å²) in [5.41, 5.74) is 3.62. The van der Waals surface area contributed by atoms with Gasteiger partial charge in [0.2, 0.25) is 0 Å². The first-order chi connectivity index (χ1) is 15.1. The van der Waals surface area contributed by atoms with Crippen LogP contribution in [0.1, 0.15) is 24.5 Å². The minimum absolute atomic E-state index is 0.186. The molecule has 164 valence electrons. The average Bonchev–Trinajstić information content (AvgIpc) is 3.45. The molecule has 4 atom stereocenters. The van der Waals surface area contributed by atoms with Crippen molar-refractivity contribution in [1.29, 1.82) is 0 Å². The van der Waals surface area contributed by atoms with E-state index in [2.05, 4.69) is 20.9 Å². The molecular weight excluding hydrogens is 397 g/mol. The molecule has 6 nitrogen and oxygen atoms in total. The Hall–Kier alpha value is -2.48. The number of hydrogen-bond donors (Lipinski definition) is 3. The van der Waals surface area contributed by atoms with E-state index >= 15 is 0 Å². The summed E-state index contributed by atoms with van der Waals surface area (Å²) in [4.78, 5) is 10.3. The molecule has 31 heavy (non-hydrogen) atoms. The van der Waals surface area contributed by atoms with Crippen molar-refractivity contribution >= 4 is 11.0 Å². The Kier molecular flexibility index (Phi) is 5.42. The summed E-state index contributed by atoms with van der Waals surface area (Å²) in [7, 11) is 1.60. The molecule has 0 radical (unpaired) electrons. The molecule has 1 aliphatic carbocycles. The summed E-state index contributed by atoms with van der Waals surface area (Å²) in [6, 6.07) is 8.65. The molecule has 0 amide bonds. The van der Waals surface area contributed by atoms with E-state index in [1.54, 1.807) is 19.4 Å². The lowest BCUT2D eigenvalue weighted by molar-refractivity contribution is 0.0637. The van der Waals surface area contributed by atoms with Crippen LogP contribution >= 0.6 is 0 Å². The van der Waals surface area contributed by atoms with Crippen molar-refractivity contribution in [2.45, 2.75) is 24.9 Å². The first-order valence-electron chi connectivity index (χ1n) is 10.9. The van der Waals surface area contributed by atoms with Crippen LogP contribution in [0.3, 0.4) is 0 Å². The largest absolute Gasteiger partial charge is 0.496 e. The smallest absolute Gasteiger partial charge is 0.138 e. The van der Waals surface area contributed by atoms with E-state index in [-0.39, 0.29) is 12.4 Å². The van der Waals surface area contributed by atoms with Crippen LogP contribution < -0.4 is 4.74 Å². The SMILES string of the molecule is COc1ccc(F)cc1-c1ccnc2[nH]c([C@H]3C[C@@H]4CN(CC(O)CO)C[C@@H]4C3)cc12. The van der Waals surface area contributed by atoms with E-state index in [4.69, 9.17) is 9.84 Å². The minimum Gasteiger partial charge on any atom is -0.496 e. The fourth-order valence-electron chi connectivity index (χ4n) is 5.55. The molecule has 2 fully saturated rings. The number of ether oxygens (including phenoxy) is 1. The molecule has 2 aromatic heterocycles. The maximum atomic E-state index is 14.0. The number of aliphatic hydroxyl groups excluding tert-OH is 2. The van der Waals surface area contributed by atoms with Gasteiger partial charge >= 0.3 is 0 Å². The Morgan fingerprint density at radius 2 is 1.97 bits per heavy atom. The molecule has 1 aromatic carbocycles. The van der Waals surface area contributed by atoms with E-state index in [9.17, 15) is 9.50 Å². The van der Waals surface area contributed by atoms with Gasteiger partial charge in [0.15, 0.2) is 0 Å². The number of nitrogens with one attached hydrogen (secondary N) is 1. The fourth-order valence-corrected chi connectivity index (χ4v) is 5.55. The van der Waals surface area contributed by atoms with Crippen LogP contribution in [0.2, 0.25) is 0 Å². The Morgan fingerprint density at radius 3 is 2.68 bits per heavy atom. The summed E-state index contributed by atoms with van der Waals surface area (Å²) < 4.78 is 19.4. The third-order valence-electron chi connectivity index (χ3n) is 6.95. The van der Waals surface area contributed by atoms with Gasteiger partial charge in [-0.1, -0.05) is 0 Å². The van der Waals surface area contributed by atoms with Crippen molar-refractivity contribution in [1.82, 2.24) is 14.9 Å². The van der Waals surface area contributed by atoms with Gasteiger partial charge in [-0.2, -0.15) is 0 Å². The molecule has 3 heterocycles. The third kappa shape index (κ3) is 3.82. The topological polar surface area (TPSA) is 81.6 Å². The first-order valence-corrected chi connectivity index (χ1v) is 10.9. The lowest BCUT2D eigenvalue weighted by Crippen LogP contribution is -2.33. The molecule has 3 aromatic rings. The molecule has 1 saturated heterocycles. The predicted molar refractivity (Wildman–Crippen MR) is 117 cm³/mol. The highest BCUT2D eigenvalue weighted by molar-refractivity contribution is 5.95. The highest BCUT2D eigenvalue weighted by atomic mass is 19.1. The molecule has 2 aliphatic rings. The van der Waals surface area contributed by atoms with Gasteiger partial charge in [-0.3, -0.25) is 0 Å². The maximum absolute atomic E-state index is 14.0. The number of pyridine rings is 1. The number of methoxy groups -OCH3 is 1. The average molecular weight is 426 g/mol. The van der Waals surface area contributed by atoms with E-state index in [1.807, 2.05) is 6.07 Å². The normalized spacial score (nSPS) is 24.6. The monoisotopic (exact) mass is 425 g/mol. The van der Waals surface area contributed by atoms with Gasteiger partial charge in [0, 0.05) is 42.5 Å². The van der Waals surface area contributed by atoms with E-state index in [1.165, 1.54) is 17.8 Å². The number of β-amino-alcohol motifs (C(OH)–C–C–N with tert-alkyl or cyclic N) is 1. The van der Waals surface area contributed by atoms with Gasteiger partial charge in [0.05, 0.1) is 19.8 Å². The Bertz CT molecular complexity index is 1070. The maximum Gasteiger partial charge on any atom is 0.138 e. The van der Waals surface area contributed by atoms with Crippen molar-refractivity contribution in [3.05, 3.63) is 48.0 Å². The summed E-state index contributed by atoms with van der Waals surface area (Å²) in [6.45, 7) is 2.31. The van der Waals surface area contributed by atoms with Crippen LogP contribution in [-0.2, 0) is 0 Å². The van der Waals surface area contributed by atoms with Gasteiger partial charge in [0.25, 0.3) is 0 Å². The van der Waals surface area contributed by atoms with Crippen molar-refractivity contribution in [2.24, 2.45) is 11.8 Å². The lowest BCUT2D eigenvalue weighted by atomic mass is 9.99. The zero-order valence-electron chi connectivity index (χ0n) is 17.6. The second-order valence-electron chi connectivity index (χ2n) is 8.93. The summed E-state index contributed by atoms with van der Waals surface area (Å²) >= 11 is 0. The third-order valence-corrected chi connectivity index (χ3v) is 6.95. The molecule has 0 spiro atoms. The van der Waals surface area contributed by atoms with Crippen molar-refractivity contribution < 1.29 is 19.3 Å². The molecule has 1 saturated carbocycles. The number of aromatic nitrogens is 2. The van der Waals surface area contributed by atoms with Crippen LogP contribution in [0, 0.1) is 17.7 Å². The fraction of sp³-hybridized carbons (Fsp3) is 0.458. The molecule has 5 rings (SSSR count). The highest BCUT2D eigenvalue weighted by Gasteiger charge is 2.42. The van der Waals surface area contributed by atoms with Crippen molar-refractivity contribution in [3.63, 3.8) is 0 Å². The predicted octanol–water partition coefficient (Wildman–Crippen LogP) is 3.16. The Balaban J connectivity index is 1.39. The zero-order chi connectivity index (χ0) is 21.5. The second kappa shape index (κ2) is 8.22. The number of halogens is 1. The number of H-pyrrole nitrogens is 1. The summed E-state index contributed by atoms with van der Waals surface area (Å²) in [5, 5.41) is 19.8. The molecular formula is C24H28FN3O3. The van der Waals surface area contributed by atoms with Gasteiger partial charge in [-0.25, -0.2) is 9.37 Å². The number of aromatic amines is 1. The molecule has 3 N–H and O–H groups in total. The number of nitrogens with zero attached hydrogens (tertiary/aromatic N) is 2. The Labute approximate surface area is 180 Å². The minimum atomic E-state index is -0.660. The number of hydrogen-bond acceptors (Lipinski definition) is 5. The lowest BCUT2D eigenvalue weighted by Gasteiger charge is -2.20. The molecule has 1 aliphatic heterocycles. The van der Waals surface area contributed by atoms with E-state index < -0.39 is 6.10 Å². The van der Waals surface area contributed by atoms with Crippen molar-refractivity contribution in [2.75, 3.05) is 33.4 Å². The van der Waals surface area contributed by atoms with Crippen LogP contribution in [0.4, 0.5) is 4.39 Å². The van der Waals surface area contributed by atoms with Crippen LogP contribution in [0.25, 0.3) is 22.2 Å². The standard InChI is InChI=1S/C24H28FN3O3/c1-31-23-3-2-17(25)8-20(23)19-4-5-26-24-21(19)9-22(27-24)14-6-15-10-28(11-16(15)7-14)12-18(30)13-29/h2-5,8-9,14-16,18,29-30H,6-7,10-13H2,1H3,(H,26,27)/t14-,15+,16-,18?. The molecule has 0 bridgehead atoms. The van der Waals surface area contributed by atoms with Gasteiger partial charge in [0.1, 0.15) is 17.2 Å². The van der Waals surface area contributed by atoms with Crippen LogP contribution in [0.5, 0.6) is 5.75 Å².